The number of carbonyl (C=O) groups excluding carboxylic acids is 1. The van der Waals surface area contributed by atoms with Crippen molar-refractivity contribution in [2.45, 2.75) is 45.1 Å². The molecule has 5 nitrogen and oxygen atoms in total. The van der Waals surface area contributed by atoms with E-state index in [-0.39, 0.29) is 5.97 Å². The first-order valence-corrected chi connectivity index (χ1v) is 9.27. The number of thiocarbonyl (C=S) groups is 1. The minimum Gasteiger partial charge on any atom is -0.462 e. The fraction of sp³-hybridized carbons (Fsp3) is 0.556. The molecule has 0 radical (unpaired) electrons. The Hall–Kier alpha value is -1.66. The first-order valence-electron chi connectivity index (χ1n) is 8.86. The zero-order valence-electron chi connectivity index (χ0n) is 14.2. The van der Waals surface area contributed by atoms with Gasteiger partial charge in [-0.25, -0.2) is 4.79 Å². The van der Waals surface area contributed by atoms with Gasteiger partial charge in [0.25, 0.3) is 0 Å². The van der Waals surface area contributed by atoms with Crippen LogP contribution in [0.4, 0.5) is 5.69 Å². The highest BCUT2D eigenvalue weighted by Gasteiger charge is 2.31. The maximum Gasteiger partial charge on any atom is 0.338 e. The third-order valence-corrected chi connectivity index (χ3v) is 5.31. The lowest BCUT2D eigenvalue weighted by Gasteiger charge is -2.40. The summed E-state index contributed by atoms with van der Waals surface area (Å²) in [6.07, 6.45) is 6.66. The van der Waals surface area contributed by atoms with Crippen LogP contribution in [0.3, 0.4) is 0 Å². The lowest BCUT2D eigenvalue weighted by Crippen LogP contribution is -3.20. The molecule has 1 saturated heterocycles. The minimum absolute atomic E-state index is 0.280. The topological polar surface area (TPSA) is 46.0 Å². The molecule has 0 spiro atoms. The summed E-state index contributed by atoms with van der Waals surface area (Å²) in [4.78, 5) is 15.5. The Morgan fingerprint density at radius 1 is 1.29 bits per heavy atom. The van der Waals surface area contributed by atoms with Crippen molar-refractivity contribution in [1.29, 1.82) is 0 Å². The number of nitrogens with zero attached hydrogens (tertiary/aromatic N) is 1. The average Bonchev–Trinajstić information content (AvgIpc) is 2.63. The smallest absolute Gasteiger partial charge is 0.338 e. The average molecular weight is 348 g/mol. The molecule has 0 bridgehead atoms. The summed E-state index contributed by atoms with van der Waals surface area (Å²) < 4.78 is 5.04. The Morgan fingerprint density at radius 2 is 2.00 bits per heavy atom. The Balaban J connectivity index is 1.69. The van der Waals surface area contributed by atoms with Crippen LogP contribution in [0, 0.1) is 0 Å². The van der Waals surface area contributed by atoms with E-state index in [0.717, 1.165) is 30.2 Å². The number of anilines is 1. The van der Waals surface area contributed by atoms with Crippen molar-refractivity contribution in [2.75, 3.05) is 24.8 Å². The maximum absolute atomic E-state index is 11.8. The molecule has 1 heterocycles. The zero-order chi connectivity index (χ0) is 16.9. The van der Waals surface area contributed by atoms with Crippen LogP contribution in [-0.4, -0.2) is 37.1 Å². The first-order chi connectivity index (χ1) is 11.7. The normalized spacial score (nSPS) is 22.1. The van der Waals surface area contributed by atoms with Gasteiger partial charge in [-0.2, -0.15) is 0 Å². The van der Waals surface area contributed by atoms with Crippen LogP contribution < -0.4 is 15.1 Å². The van der Waals surface area contributed by atoms with Crippen LogP contribution >= 0.6 is 12.2 Å². The van der Waals surface area contributed by atoms with E-state index in [0.29, 0.717) is 12.2 Å². The fourth-order valence-electron chi connectivity index (χ4n) is 3.60. The van der Waals surface area contributed by atoms with Gasteiger partial charge in [0.1, 0.15) is 0 Å². The molecule has 0 aromatic heterocycles. The van der Waals surface area contributed by atoms with E-state index in [2.05, 4.69) is 10.2 Å². The molecule has 1 aromatic rings. The molecule has 1 aromatic carbocycles. The number of quaternary nitrogens is 1. The number of esters is 1. The van der Waals surface area contributed by atoms with Crippen molar-refractivity contribution in [3.63, 3.8) is 0 Å². The summed E-state index contributed by atoms with van der Waals surface area (Å²) in [5.41, 5.74) is 1.60. The maximum atomic E-state index is 11.8. The highest BCUT2D eigenvalue weighted by atomic mass is 32.1. The van der Waals surface area contributed by atoms with Crippen LogP contribution in [-0.2, 0) is 4.74 Å². The molecule has 6 heteroatoms. The summed E-state index contributed by atoms with van der Waals surface area (Å²) in [7, 11) is 0. The number of hydrogen-bond acceptors (Lipinski definition) is 3. The van der Waals surface area contributed by atoms with Gasteiger partial charge in [0.05, 0.1) is 18.2 Å². The molecule has 1 unspecified atom stereocenters. The number of ether oxygens (including phenoxy) is 1. The Morgan fingerprint density at radius 3 is 2.67 bits per heavy atom. The quantitative estimate of drug-likeness (QED) is 0.640. The van der Waals surface area contributed by atoms with Crippen molar-refractivity contribution in [3.05, 3.63) is 29.8 Å². The molecule has 2 aliphatic rings. The van der Waals surface area contributed by atoms with Gasteiger partial charge in [0.2, 0.25) is 0 Å². The Labute approximate surface area is 149 Å². The van der Waals surface area contributed by atoms with Gasteiger partial charge in [0, 0.05) is 5.69 Å². The summed E-state index contributed by atoms with van der Waals surface area (Å²) in [5.74, 6) is -0.280. The molecule has 1 aliphatic heterocycles. The number of carbonyl (C=O) groups is 1. The van der Waals surface area contributed by atoms with Gasteiger partial charge >= 0.3 is 5.97 Å². The number of nitrogens with one attached hydrogen (secondary N) is 2. The molecule has 1 atom stereocenters. The number of benzene rings is 1. The molecule has 1 aliphatic carbocycles. The zero-order valence-corrected chi connectivity index (χ0v) is 15.0. The number of rotatable bonds is 4. The van der Waals surface area contributed by atoms with Gasteiger partial charge in [-0.15, -0.1) is 0 Å². The molecule has 3 rings (SSSR count). The molecular weight excluding hydrogens is 322 g/mol. The van der Waals surface area contributed by atoms with Gasteiger partial charge in [-0.3, -0.25) is 9.80 Å². The predicted octanol–water partition coefficient (Wildman–Crippen LogP) is 1.69. The van der Waals surface area contributed by atoms with Crippen molar-refractivity contribution < 1.29 is 14.4 Å². The highest BCUT2D eigenvalue weighted by molar-refractivity contribution is 7.80. The van der Waals surface area contributed by atoms with Gasteiger partial charge < -0.3 is 10.1 Å². The largest absolute Gasteiger partial charge is 0.462 e. The summed E-state index contributed by atoms with van der Waals surface area (Å²) >= 11 is 5.50. The monoisotopic (exact) mass is 348 g/mol. The molecular formula is C18H26N3O2S+. The Kier molecular flexibility index (Phi) is 5.68. The van der Waals surface area contributed by atoms with Crippen molar-refractivity contribution in [2.24, 2.45) is 0 Å². The highest BCUT2D eigenvalue weighted by Crippen LogP contribution is 2.18. The van der Waals surface area contributed by atoms with Gasteiger partial charge in [0.15, 0.2) is 18.4 Å². The van der Waals surface area contributed by atoms with Crippen molar-refractivity contribution >= 4 is 29.0 Å². The summed E-state index contributed by atoms with van der Waals surface area (Å²) in [6, 6.07) is 8.24. The molecule has 0 amide bonds. The van der Waals surface area contributed by atoms with E-state index in [9.17, 15) is 4.79 Å². The predicted molar refractivity (Wildman–Crippen MR) is 98.2 cm³/mol. The second kappa shape index (κ2) is 7.94. The molecule has 1 saturated carbocycles. The van der Waals surface area contributed by atoms with Crippen molar-refractivity contribution in [3.8, 4) is 0 Å². The fourth-order valence-corrected chi connectivity index (χ4v) is 3.84. The second-order valence-electron chi connectivity index (χ2n) is 6.51. The van der Waals surface area contributed by atoms with E-state index in [1.807, 2.05) is 31.2 Å². The van der Waals surface area contributed by atoms with Gasteiger partial charge in [-0.1, -0.05) is 6.42 Å². The van der Waals surface area contributed by atoms with Crippen LogP contribution in [0.15, 0.2) is 24.3 Å². The first kappa shape index (κ1) is 17.2. The molecule has 2 N–H and O–H groups in total. The van der Waals surface area contributed by atoms with E-state index in [1.165, 1.54) is 32.1 Å². The summed E-state index contributed by atoms with van der Waals surface area (Å²) in [6.45, 7) is 3.99. The summed E-state index contributed by atoms with van der Waals surface area (Å²) in [5, 5.41) is 4.13. The molecule has 2 fully saturated rings. The molecule has 24 heavy (non-hydrogen) atoms. The van der Waals surface area contributed by atoms with Crippen molar-refractivity contribution in [1.82, 2.24) is 5.32 Å². The van der Waals surface area contributed by atoms with E-state index in [1.54, 1.807) is 4.90 Å². The third kappa shape index (κ3) is 3.87. The van der Waals surface area contributed by atoms with Crippen LogP contribution in [0.25, 0.3) is 0 Å². The number of hydrogen-bond donors (Lipinski definition) is 2. The Bertz CT molecular complexity index is 584. The van der Waals surface area contributed by atoms with Crippen LogP contribution in [0.5, 0.6) is 0 Å². The van der Waals surface area contributed by atoms with Crippen LogP contribution in [0.1, 0.15) is 49.4 Å². The van der Waals surface area contributed by atoms with E-state index in [4.69, 9.17) is 17.0 Å². The SMILES string of the molecule is CCOC(=O)c1ccc(N2C[NH+](C3CCCCC3)CNC2=S)cc1. The lowest BCUT2D eigenvalue weighted by atomic mass is 9.94. The second-order valence-corrected chi connectivity index (χ2v) is 6.89. The molecule has 130 valence electrons. The van der Waals surface area contributed by atoms with E-state index < -0.39 is 0 Å². The van der Waals surface area contributed by atoms with Gasteiger partial charge in [-0.05, 0) is 69.1 Å². The minimum atomic E-state index is -0.280. The lowest BCUT2D eigenvalue weighted by molar-refractivity contribution is -0.929. The van der Waals surface area contributed by atoms with E-state index >= 15 is 0 Å². The van der Waals surface area contributed by atoms with Crippen LogP contribution in [0.2, 0.25) is 0 Å². The third-order valence-electron chi connectivity index (χ3n) is 4.95. The standard InChI is InChI=1S/C18H25N3O2S/c1-2-23-17(22)14-8-10-16(11-9-14)21-13-20(12-19-18(21)24)15-6-4-3-5-7-15/h8-11,15H,2-7,12-13H2,1H3,(H,19,24)/p+1.